The number of aliphatic hydroxyl groups excluding tert-OH is 3. The van der Waals surface area contributed by atoms with Gasteiger partial charge in [-0.3, -0.25) is 28.8 Å². The lowest BCUT2D eigenvalue weighted by Gasteiger charge is -2.35. The summed E-state index contributed by atoms with van der Waals surface area (Å²) in [6.07, 6.45) is -1.36. The van der Waals surface area contributed by atoms with Crippen LogP contribution in [0.4, 0.5) is 0 Å². The third-order valence-electron chi connectivity index (χ3n) is 12.0. The van der Waals surface area contributed by atoms with Gasteiger partial charge in [-0.05, 0) is 47.4 Å². The van der Waals surface area contributed by atoms with E-state index >= 15 is 0 Å². The number of amides is 6. The van der Waals surface area contributed by atoms with Crippen LogP contribution in [0.25, 0.3) is 20.9 Å². The SMILES string of the molecule is CC(=O)N[C@H](C(=O)N1C[C@H](O)C[C@H]1C(=O)NCc1ccc(-c2scnc2C)cc1)C(C)(C)C.CC(=O)N[C@H](C(=O)N1C[C@H](O)C[C@H]1C(=O)NCc1ccc(-c2scnc2C)cc1OCCO)C(C)(C)C. The van der Waals surface area contributed by atoms with Gasteiger partial charge < -0.3 is 51.1 Å². The molecule has 0 aliphatic carbocycles. The summed E-state index contributed by atoms with van der Waals surface area (Å²) >= 11 is 3.10. The van der Waals surface area contributed by atoms with Gasteiger partial charge in [-0.15, -0.1) is 22.7 Å². The Bertz CT molecular complexity index is 2480. The van der Waals surface area contributed by atoms with Crippen molar-refractivity contribution in [1.29, 1.82) is 0 Å². The second kappa shape index (κ2) is 23.9. The molecule has 6 amide bonds. The van der Waals surface area contributed by atoms with Gasteiger partial charge in [-0.1, -0.05) is 77.9 Å². The maximum absolute atomic E-state index is 13.4. The number of thiazole rings is 2. The zero-order chi connectivity index (χ0) is 51.7. The molecule has 70 heavy (non-hydrogen) atoms. The fraction of sp³-hybridized carbons (Fsp3) is 0.520. The molecule has 2 aromatic heterocycles. The average Bonchev–Trinajstić information content (AvgIpc) is 4.11. The fourth-order valence-corrected chi connectivity index (χ4v) is 9.93. The zero-order valence-electron chi connectivity index (χ0n) is 41.6. The van der Waals surface area contributed by atoms with Gasteiger partial charge in [0.05, 0.1) is 51.0 Å². The Morgan fingerprint density at radius 3 is 1.56 bits per heavy atom. The van der Waals surface area contributed by atoms with Gasteiger partial charge in [-0.25, -0.2) is 9.97 Å². The molecule has 0 saturated carbocycles. The first-order valence-electron chi connectivity index (χ1n) is 23.2. The lowest BCUT2D eigenvalue weighted by molar-refractivity contribution is -0.143. The van der Waals surface area contributed by atoms with E-state index < -0.39 is 59.0 Å². The standard InChI is InChI=1S/C26H36N4O6S.C24H32N4O4S/c1-15-22(37-14-28-15)17-6-7-18(21(10-17)36-9-8-31)12-27-24(34)20-11-19(33)13-30(20)25(35)23(26(3,4)5)29-16(2)32;1-14-20(33-13-26-14)17-8-6-16(7-9-17)11-25-22(31)19-10-18(30)12-28(19)23(32)21(24(3,4)5)27-15(2)29/h6-7,10,14,19-20,23,31,33H,8-9,11-13H2,1-5H3,(H,27,34)(H,29,32);6-9,13,18-19,21,30H,10-12H2,1-5H3,(H,25,31)(H,27,29)/t19-,20+,23-;18-,19+,21-/m11/s1. The highest BCUT2D eigenvalue weighted by atomic mass is 32.1. The number of aryl methyl sites for hydroxylation is 2. The number of nitrogens with zero attached hydrogens (tertiary/aromatic N) is 4. The molecular weight excluding hydrogens is 937 g/mol. The van der Waals surface area contributed by atoms with Gasteiger partial charge in [0.2, 0.25) is 35.4 Å². The third kappa shape index (κ3) is 14.4. The fourth-order valence-electron chi connectivity index (χ4n) is 8.32. The van der Waals surface area contributed by atoms with Crippen LogP contribution in [0.3, 0.4) is 0 Å². The van der Waals surface area contributed by atoms with Gasteiger partial charge in [0, 0.05) is 58.4 Å². The van der Waals surface area contributed by atoms with E-state index in [-0.39, 0.29) is 69.3 Å². The maximum Gasteiger partial charge on any atom is 0.246 e. The van der Waals surface area contributed by atoms with Crippen molar-refractivity contribution >= 4 is 58.1 Å². The second-order valence-corrected chi connectivity index (χ2v) is 21.6. The highest BCUT2D eigenvalue weighted by Crippen LogP contribution is 2.33. The molecule has 380 valence electrons. The Balaban J connectivity index is 0.000000262. The Morgan fingerprint density at radius 1 is 0.700 bits per heavy atom. The summed E-state index contributed by atoms with van der Waals surface area (Å²) in [5.41, 5.74) is 7.96. The smallest absolute Gasteiger partial charge is 0.246 e. The second-order valence-electron chi connectivity index (χ2n) is 19.9. The summed E-state index contributed by atoms with van der Waals surface area (Å²) in [7, 11) is 0. The normalized spacial score (nSPS) is 18.8. The van der Waals surface area contributed by atoms with Crippen LogP contribution in [-0.4, -0.2) is 133 Å². The number of ether oxygens (including phenoxy) is 1. The van der Waals surface area contributed by atoms with Crippen LogP contribution in [0.2, 0.25) is 0 Å². The van der Waals surface area contributed by atoms with Crippen molar-refractivity contribution in [2.45, 2.75) is 132 Å². The van der Waals surface area contributed by atoms with Crippen LogP contribution in [-0.2, 0) is 41.9 Å². The lowest BCUT2D eigenvalue weighted by Crippen LogP contribution is -2.57. The summed E-state index contributed by atoms with van der Waals surface area (Å²) in [6.45, 7) is 18.1. The molecule has 0 unspecified atom stereocenters. The number of hydrogen-bond acceptors (Lipinski definition) is 14. The molecule has 6 rings (SSSR count). The van der Waals surface area contributed by atoms with Gasteiger partial charge in [0.1, 0.15) is 36.5 Å². The quantitative estimate of drug-likeness (QED) is 0.0897. The Labute approximate surface area is 417 Å². The van der Waals surface area contributed by atoms with Crippen molar-refractivity contribution < 1.29 is 48.8 Å². The number of aliphatic hydroxyl groups is 3. The summed E-state index contributed by atoms with van der Waals surface area (Å²) in [5.74, 6) is -1.64. The minimum absolute atomic E-state index is 0.0108. The highest BCUT2D eigenvalue weighted by Gasteiger charge is 2.46. The van der Waals surface area contributed by atoms with Crippen molar-refractivity contribution in [3.05, 3.63) is 76.0 Å². The van der Waals surface area contributed by atoms with E-state index in [1.54, 1.807) is 16.8 Å². The molecule has 0 radical (unpaired) electrons. The molecule has 18 nitrogen and oxygen atoms in total. The minimum Gasteiger partial charge on any atom is -0.491 e. The maximum atomic E-state index is 13.4. The monoisotopic (exact) mass is 1000 g/mol. The van der Waals surface area contributed by atoms with E-state index in [0.29, 0.717) is 17.9 Å². The molecule has 2 aromatic carbocycles. The molecule has 0 bridgehead atoms. The number of benzene rings is 2. The van der Waals surface area contributed by atoms with Crippen LogP contribution in [0.5, 0.6) is 5.75 Å². The van der Waals surface area contributed by atoms with Crippen LogP contribution in [0, 0.1) is 24.7 Å². The number of nitrogens with one attached hydrogen (secondary N) is 4. The Hall–Kier alpha value is -5.80. The van der Waals surface area contributed by atoms with E-state index in [1.165, 1.54) is 35.0 Å². The van der Waals surface area contributed by atoms with Gasteiger partial charge in [0.25, 0.3) is 0 Å². The molecule has 2 aliphatic heterocycles. The molecule has 2 saturated heterocycles. The Kier molecular flexibility index (Phi) is 18.8. The molecule has 0 spiro atoms. The summed E-state index contributed by atoms with van der Waals surface area (Å²) in [5, 5.41) is 40.9. The summed E-state index contributed by atoms with van der Waals surface area (Å²) < 4.78 is 5.74. The number of rotatable bonds is 15. The molecular formula is C50H68N8O10S2. The Morgan fingerprint density at radius 2 is 1.14 bits per heavy atom. The van der Waals surface area contributed by atoms with Crippen LogP contribution in [0.15, 0.2) is 53.5 Å². The van der Waals surface area contributed by atoms with E-state index in [1.807, 2.05) is 103 Å². The number of hydrogen-bond donors (Lipinski definition) is 7. The number of β-amino-alcohol motifs (C(OH)–C–C–N with tert-alkyl or cyclic N) is 2. The summed E-state index contributed by atoms with van der Waals surface area (Å²) in [4.78, 5) is 89.6. The topological polar surface area (TPSA) is 253 Å². The zero-order valence-corrected chi connectivity index (χ0v) is 43.3. The molecule has 2 fully saturated rings. The van der Waals surface area contributed by atoms with Crippen molar-refractivity contribution in [2.24, 2.45) is 10.8 Å². The van der Waals surface area contributed by atoms with Crippen molar-refractivity contribution in [2.75, 3.05) is 26.3 Å². The average molecular weight is 1010 g/mol. The van der Waals surface area contributed by atoms with Gasteiger partial charge in [-0.2, -0.15) is 0 Å². The first kappa shape index (κ1) is 55.1. The van der Waals surface area contributed by atoms with E-state index in [2.05, 4.69) is 31.2 Å². The molecule has 6 atom stereocenters. The predicted octanol–water partition coefficient (Wildman–Crippen LogP) is 3.87. The number of carbonyl (C=O) groups excluding carboxylic acids is 6. The molecule has 4 aromatic rings. The molecule has 4 heterocycles. The molecule has 2 aliphatic rings. The first-order valence-corrected chi connectivity index (χ1v) is 25.0. The van der Waals surface area contributed by atoms with Crippen molar-refractivity contribution in [3.63, 3.8) is 0 Å². The van der Waals surface area contributed by atoms with Gasteiger partial charge >= 0.3 is 0 Å². The van der Waals surface area contributed by atoms with Crippen molar-refractivity contribution in [1.82, 2.24) is 41.0 Å². The van der Waals surface area contributed by atoms with E-state index in [9.17, 15) is 44.1 Å². The highest BCUT2D eigenvalue weighted by molar-refractivity contribution is 7.13. The number of likely N-dealkylation sites (tertiary alicyclic amines) is 2. The molecule has 7 N–H and O–H groups in total. The predicted molar refractivity (Wildman–Crippen MR) is 267 cm³/mol. The van der Waals surface area contributed by atoms with E-state index in [0.717, 1.165) is 37.8 Å². The van der Waals surface area contributed by atoms with Gasteiger partial charge in [0.15, 0.2) is 0 Å². The van der Waals surface area contributed by atoms with Crippen LogP contribution >= 0.6 is 22.7 Å². The number of carbonyl (C=O) groups is 6. The minimum atomic E-state index is -0.873. The lowest BCUT2D eigenvalue weighted by atomic mass is 9.85. The largest absolute Gasteiger partial charge is 0.491 e. The van der Waals surface area contributed by atoms with Crippen molar-refractivity contribution in [3.8, 4) is 26.6 Å². The van der Waals surface area contributed by atoms with Crippen LogP contribution < -0.4 is 26.0 Å². The number of aromatic nitrogens is 2. The molecule has 20 heteroatoms. The third-order valence-corrected chi connectivity index (χ3v) is 13.9. The van der Waals surface area contributed by atoms with E-state index in [4.69, 9.17) is 4.74 Å². The first-order chi connectivity index (χ1) is 32.9. The van der Waals surface area contributed by atoms with Crippen LogP contribution in [0.1, 0.15) is 90.7 Å². The summed E-state index contributed by atoms with van der Waals surface area (Å²) in [6, 6.07) is 10.2.